The quantitative estimate of drug-likeness (QED) is 0.388. The first-order valence-corrected chi connectivity index (χ1v) is 14.8. The van der Waals surface area contributed by atoms with Crippen molar-refractivity contribution < 1.29 is 23.8 Å². The van der Waals surface area contributed by atoms with Crippen molar-refractivity contribution in [2.75, 3.05) is 44.6 Å². The Hall–Kier alpha value is -4.46. The van der Waals surface area contributed by atoms with Gasteiger partial charge in [-0.25, -0.2) is 0 Å². The minimum Gasteiger partial charge on any atom is -0.496 e. The summed E-state index contributed by atoms with van der Waals surface area (Å²) in [6.45, 7) is 5.53. The topological polar surface area (TPSA) is 80.3 Å². The lowest BCUT2D eigenvalue weighted by molar-refractivity contribution is -0.130. The summed E-state index contributed by atoms with van der Waals surface area (Å²) >= 11 is 0. The van der Waals surface area contributed by atoms with Crippen LogP contribution in [0.15, 0.2) is 71.9 Å². The molecule has 1 aliphatic carbocycles. The highest BCUT2D eigenvalue weighted by molar-refractivity contribution is 6.02. The lowest BCUT2D eigenvalue weighted by Gasteiger charge is -2.39. The Bertz CT molecular complexity index is 1610. The second kappa shape index (κ2) is 11.3. The first kappa shape index (κ1) is 28.6. The third-order valence-corrected chi connectivity index (χ3v) is 8.82. The molecule has 3 aliphatic rings. The van der Waals surface area contributed by atoms with Crippen LogP contribution in [0.1, 0.15) is 49.4 Å². The summed E-state index contributed by atoms with van der Waals surface area (Å²) in [6.07, 6.45) is 1.91. The number of rotatable bonds is 6. The molecule has 2 heterocycles. The van der Waals surface area contributed by atoms with Crippen LogP contribution in [0.3, 0.4) is 0 Å². The molecule has 0 radical (unpaired) electrons. The average molecular weight is 582 g/mol. The highest BCUT2D eigenvalue weighted by atomic mass is 16.5. The molecule has 8 nitrogen and oxygen atoms in total. The number of hydrogen-bond donors (Lipinski definition) is 1. The van der Waals surface area contributed by atoms with Gasteiger partial charge in [0.15, 0.2) is 17.3 Å². The molecule has 3 aromatic carbocycles. The van der Waals surface area contributed by atoms with Gasteiger partial charge in [0.1, 0.15) is 5.75 Å². The maximum absolute atomic E-state index is 14.2. The Morgan fingerprint density at radius 1 is 0.907 bits per heavy atom. The van der Waals surface area contributed by atoms with Crippen molar-refractivity contribution in [3.63, 3.8) is 0 Å². The summed E-state index contributed by atoms with van der Waals surface area (Å²) in [7, 11) is 4.78. The number of ketones is 1. The van der Waals surface area contributed by atoms with Gasteiger partial charge in [-0.1, -0.05) is 50.2 Å². The minimum atomic E-state index is -0.606. The second-order valence-corrected chi connectivity index (χ2v) is 12.3. The molecular weight excluding hydrogens is 542 g/mol. The van der Waals surface area contributed by atoms with Gasteiger partial charge < -0.3 is 29.3 Å². The maximum Gasteiger partial charge on any atom is 0.242 e. The van der Waals surface area contributed by atoms with E-state index in [9.17, 15) is 9.59 Å². The van der Waals surface area contributed by atoms with Crippen molar-refractivity contribution in [3.05, 3.63) is 88.6 Å². The van der Waals surface area contributed by atoms with Crippen LogP contribution in [0.5, 0.6) is 17.2 Å². The van der Waals surface area contributed by atoms with Gasteiger partial charge in [-0.15, -0.1) is 0 Å². The predicted molar refractivity (Wildman–Crippen MR) is 167 cm³/mol. The molecule has 43 heavy (non-hydrogen) atoms. The van der Waals surface area contributed by atoms with Gasteiger partial charge in [0.05, 0.1) is 45.3 Å². The molecule has 0 spiro atoms. The van der Waals surface area contributed by atoms with E-state index in [1.165, 1.54) is 11.1 Å². The number of Topliss-reactive ketones (excluding diaryl/α,β-unsaturated/α-hetero) is 1. The number of benzene rings is 3. The van der Waals surface area contributed by atoms with Gasteiger partial charge in [0.25, 0.3) is 0 Å². The van der Waals surface area contributed by atoms with E-state index in [2.05, 4.69) is 36.2 Å². The van der Waals surface area contributed by atoms with Crippen LogP contribution in [-0.4, -0.2) is 51.0 Å². The number of nitrogens with one attached hydrogen (secondary N) is 1. The van der Waals surface area contributed by atoms with Crippen molar-refractivity contribution in [2.24, 2.45) is 5.41 Å². The molecule has 0 fully saturated rings. The molecule has 2 aliphatic heterocycles. The number of hydrogen-bond acceptors (Lipinski definition) is 7. The standard InChI is InChI=1S/C35H39N3O5/c1-35(2)18-26-33(28(39)19-35)34(24-16-30(42-4)31(43-5)17-29(24)41-3)38(27-13-9-8-12-25(27)36-26)21-32(40)37-15-14-22-10-6-7-11-23(22)20-37/h6-13,16-17,34,36H,14-15,18-21H2,1-5H3. The number of fused-ring (bicyclic) bond motifs is 2. The van der Waals surface area contributed by atoms with Gasteiger partial charge in [-0.05, 0) is 47.6 Å². The Balaban J connectivity index is 1.52. The molecule has 1 N–H and O–H groups in total. The monoisotopic (exact) mass is 581 g/mol. The van der Waals surface area contributed by atoms with E-state index >= 15 is 0 Å². The van der Waals surface area contributed by atoms with Crippen molar-refractivity contribution in [2.45, 2.75) is 45.7 Å². The molecule has 0 saturated carbocycles. The number of ether oxygens (including phenoxy) is 3. The number of para-hydroxylation sites is 2. The van der Waals surface area contributed by atoms with Crippen molar-refractivity contribution >= 4 is 23.1 Å². The molecule has 0 aromatic heterocycles. The highest BCUT2D eigenvalue weighted by Crippen LogP contribution is 2.51. The number of carbonyl (C=O) groups excluding carboxylic acids is 2. The highest BCUT2D eigenvalue weighted by Gasteiger charge is 2.43. The molecular formula is C35H39N3O5. The van der Waals surface area contributed by atoms with Crippen LogP contribution >= 0.6 is 0 Å². The summed E-state index contributed by atoms with van der Waals surface area (Å²) in [4.78, 5) is 32.3. The molecule has 224 valence electrons. The van der Waals surface area contributed by atoms with Crippen LogP contribution in [0.25, 0.3) is 0 Å². The van der Waals surface area contributed by atoms with E-state index in [0.717, 1.165) is 29.1 Å². The Labute approximate surface area is 253 Å². The fraction of sp³-hybridized carbons (Fsp3) is 0.371. The van der Waals surface area contributed by atoms with Gasteiger partial charge in [-0.3, -0.25) is 9.59 Å². The van der Waals surface area contributed by atoms with E-state index in [1.807, 2.05) is 47.4 Å². The van der Waals surface area contributed by atoms with E-state index in [-0.39, 0.29) is 23.7 Å². The fourth-order valence-corrected chi connectivity index (χ4v) is 6.77. The third kappa shape index (κ3) is 5.31. The van der Waals surface area contributed by atoms with Crippen molar-refractivity contribution in [3.8, 4) is 17.2 Å². The second-order valence-electron chi connectivity index (χ2n) is 12.3. The van der Waals surface area contributed by atoms with E-state index in [1.54, 1.807) is 27.4 Å². The smallest absolute Gasteiger partial charge is 0.242 e. The number of nitrogens with zero attached hydrogens (tertiary/aromatic N) is 2. The van der Waals surface area contributed by atoms with Crippen LogP contribution in [0.2, 0.25) is 0 Å². The lowest BCUT2D eigenvalue weighted by atomic mass is 9.73. The molecule has 1 unspecified atom stereocenters. The zero-order chi connectivity index (χ0) is 30.3. The first-order chi connectivity index (χ1) is 20.7. The van der Waals surface area contributed by atoms with Gasteiger partial charge in [0, 0.05) is 42.4 Å². The molecule has 1 amide bonds. The molecule has 0 bridgehead atoms. The number of carbonyl (C=O) groups is 2. The summed E-state index contributed by atoms with van der Waals surface area (Å²) in [6, 6.07) is 19.3. The zero-order valence-electron chi connectivity index (χ0n) is 25.5. The van der Waals surface area contributed by atoms with Crippen LogP contribution in [-0.2, 0) is 22.6 Å². The maximum atomic E-state index is 14.2. The van der Waals surface area contributed by atoms with E-state index in [0.29, 0.717) is 48.8 Å². The zero-order valence-corrected chi connectivity index (χ0v) is 25.5. The third-order valence-electron chi connectivity index (χ3n) is 8.82. The predicted octanol–water partition coefficient (Wildman–Crippen LogP) is 5.91. The van der Waals surface area contributed by atoms with E-state index in [4.69, 9.17) is 14.2 Å². The van der Waals surface area contributed by atoms with Crippen LogP contribution in [0.4, 0.5) is 11.4 Å². The van der Waals surface area contributed by atoms with Crippen LogP contribution in [0, 0.1) is 5.41 Å². The average Bonchev–Trinajstić information content (AvgIpc) is 3.13. The SMILES string of the molecule is COc1cc(OC)c(C2C3=C(CC(C)(C)CC3=O)Nc3ccccc3N2CC(=O)N2CCc3ccccc3C2)cc1OC. The molecule has 8 heteroatoms. The van der Waals surface area contributed by atoms with Crippen molar-refractivity contribution in [1.82, 2.24) is 4.90 Å². The number of methoxy groups -OCH3 is 3. The summed E-state index contributed by atoms with van der Waals surface area (Å²) in [5, 5.41) is 3.63. The number of amides is 1. The fourth-order valence-electron chi connectivity index (χ4n) is 6.77. The molecule has 3 aromatic rings. The number of allylic oxidation sites excluding steroid dienone is 1. The van der Waals surface area contributed by atoms with Gasteiger partial charge in [0.2, 0.25) is 5.91 Å². The Morgan fingerprint density at radius 3 is 2.33 bits per heavy atom. The minimum absolute atomic E-state index is 0.00129. The van der Waals surface area contributed by atoms with Gasteiger partial charge >= 0.3 is 0 Å². The van der Waals surface area contributed by atoms with Crippen LogP contribution < -0.4 is 24.4 Å². The first-order valence-electron chi connectivity index (χ1n) is 14.8. The summed E-state index contributed by atoms with van der Waals surface area (Å²) in [5.41, 5.74) is 6.21. The largest absolute Gasteiger partial charge is 0.496 e. The lowest BCUT2D eigenvalue weighted by Crippen LogP contribution is -2.45. The number of anilines is 2. The van der Waals surface area contributed by atoms with Gasteiger partial charge in [-0.2, -0.15) is 0 Å². The Kier molecular flexibility index (Phi) is 7.54. The normalized spacial score (nSPS) is 19.0. The summed E-state index contributed by atoms with van der Waals surface area (Å²) in [5.74, 6) is 1.65. The molecule has 1 atom stereocenters. The van der Waals surface area contributed by atoms with E-state index < -0.39 is 6.04 Å². The molecule has 6 rings (SSSR count). The summed E-state index contributed by atoms with van der Waals surface area (Å²) < 4.78 is 17.2. The Morgan fingerprint density at radius 2 is 1.58 bits per heavy atom. The van der Waals surface area contributed by atoms with Crippen molar-refractivity contribution in [1.29, 1.82) is 0 Å². The molecule has 0 saturated heterocycles.